The lowest BCUT2D eigenvalue weighted by Gasteiger charge is -2.29. The summed E-state index contributed by atoms with van der Waals surface area (Å²) < 4.78 is 0. The first-order valence-corrected chi connectivity index (χ1v) is 4.36. The SMILES string of the molecule is C=CCN1C=NNC1(S)/C=C/C(=O)O. The molecule has 0 bridgehead atoms. The molecular formula is C8H11N3O2S. The summed E-state index contributed by atoms with van der Waals surface area (Å²) >= 11 is 4.28. The fraction of sp³-hybridized carbons (Fsp3) is 0.250. The maximum absolute atomic E-state index is 10.3. The van der Waals surface area contributed by atoms with Crippen LogP contribution in [0.3, 0.4) is 0 Å². The molecule has 6 heteroatoms. The van der Waals surface area contributed by atoms with Crippen molar-refractivity contribution in [3.05, 3.63) is 24.8 Å². The third-order valence-corrected chi connectivity index (χ3v) is 2.15. The number of hydrazone groups is 1. The zero-order valence-corrected chi connectivity index (χ0v) is 8.32. The van der Waals surface area contributed by atoms with Gasteiger partial charge in [0.2, 0.25) is 0 Å². The van der Waals surface area contributed by atoms with Crippen LogP contribution >= 0.6 is 12.6 Å². The molecule has 1 aliphatic heterocycles. The maximum Gasteiger partial charge on any atom is 0.328 e. The Bertz CT molecular complexity index is 303. The van der Waals surface area contributed by atoms with Crippen molar-refractivity contribution in [1.82, 2.24) is 10.3 Å². The van der Waals surface area contributed by atoms with Crippen LogP contribution in [0, 0.1) is 0 Å². The number of hydrogen-bond donors (Lipinski definition) is 3. The van der Waals surface area contributed by atoms with Gasteiger partial charge in [0.15, 0.2) is 4.99 Å². The minimum atomic E-state index is -1.02. The van der Waals surface area contributed by atoms with Crippen LogP contribution < -0.4 is 5.43 Å². The maximum atomic E-state index is 10.3. The zero-order valence-electron chi connectivity index (χ0n) is 7.42. The lowest BCUT2D eigenvalue weighted by atomic mass is 10.3. The summed E-state index contributed by atoms with van der Waals surface area (Å²) in [6.07, 6.45) is 5.65. The molecule has 0 fully saturated rings. The number of aliphatic carboxylic acids is 1. The van der Waals surface area contributed by atoms with E-state index in [1.807, 2.05) is 0 Å². The topological polar surface area (TPSA) is 64.9 Å². The van der Waals surface area contributed by atoms with Crippen LogP contribution in [0.15, 0.2) is 29.9 Å². The number of carbonyl (C=O) groups is 1. The molecule has 1 atom stereocenters. The number of carboxylic acids is 1. The Labute approximate surface area is 87.2 Å². The van der Waals surface area contributed by atoms with Gasteiger partial charge in [-0.3, -0.25) is 5.43 Å². The van der Waals surface area contributed by atoms with E-state index in [4.69, 9.17) is 5.11 Å². The molecule has 14 heavy (non-hydrogen) atoms. The minimum absolute atomic E-state index is 0.532. The van der Waals surface area contributed by atoms with Gasteiger partial charge in [-0.25, -0.2) is 4.79 Å². The number of carboxylic acid groups (broad SMARTS) is 1. The van der Waals surface area contributed by atoms with Gasteiger partial charge in [-0.2, -0.15) is 5.10 Å². The molecule has 0 aromatic rings. The number of nitrogens with zero attached hydrogens (tertiary/aromatic N) is 2. The first-order valence-electron chi connectivity index (χ1n) is 3.91. The molecule has 1 aliphatic rings. The summed E-state index contributed by atoms with van der Waals surface area (Å²) in [7, 11) is 0. The fourth-order valence-corrected chi connectivity index (χ4v) is 1.26. The second-order valence-electron chi connectivity index (χ2n) is 2.70. The molecule has 0 saturated carbocycles. The molecule has 5 nitrogen and oxygen atoms in total. The van der Waals surface area contributed by atoms with Gasteiger partial charge >= 0.3 is 5.97 Å². The van der Waals surface area contributed by atoms with Gasteiger partial charge in [0.1, 0.15) is 6.34 Å². The number of thiol groups is 1. The van der Waals surface area contributed by atoms with E-state index in [0.29, 0.717) is 6.54 Å². The van der Waals surface area contributed by atoms with Crippen molar-refractivity contribution in [2.75, 3.05) is 6.54 Å². The average molecular weight is 213 g/mol. The van der Waals surface area contributed by atoms with Gasteiger partial charge in [0.25, 0.3) is 0 Å². The van der Waals surface area contributed by atoms with E-state index in [1.54, 1.807) is 17.3 Å². The Hall–Kier alpha value is -1.43. The molecule has 0 aromatic heterocycles. The molecule has 0 saturated heterocycles. The molecule has 0 aromatic carbocycles. The van der Waals surface area contributed by atoms with Gasteiger partial charge in [0, 0.05) is 12.6 Å². The molecule has 0 radical (unpaired) electrons. The number of hydrogen-bond acceptors (Lipinski definition) is 5. The molecule has 1 unspecified atom stereocenters. The first kappa shape index (κ1) is 10.6. The van der Waals surface area contributed by atoms with Crippen molar-refractivity contribution in [3.63, 3.8) is 0 Å². The molecule has 0 aliphatic carbocycles. The normalized spacial score (nSPS) is 25.4. The Morgan fingerprint density at radius 2 is 2.57 bits per heavy atom. The van der Waals surface area contributed by atoms with E-state index in [1.165, 1.54) is 6.08 Å². The lowest BCUT2D eigenvalue weighted by molar-refractivity contribution is -0.131. The zero-order chi connectivity index (χ0) is 10.6. The van der Waals surface area contributed by atoms with Gasteiger partial charge in [-0.15, -0.1) is 19.2 Å². The third kappa shape index (κ3) is 2.29. The standard InChI is InChI=1S/C8H11N3O2S/c1-2-5-11-6-9-10-8(11,14)4-3-7(12)13/h2-4,6,10,14H,1,5H2,(H,12,13)/b4-3+. The van der Waals surface area contributed by atoms with E-state index >= 15 is 0 Å². The highest BCUT2D eigenvalue weighted by Gasteiger charge is 2.31. The molecule has 0 amide bonds. The van der Waals surface area contributed by atoms with Crippen molar-refractivity contribution in [1.29, 1.82) is 0 Å². The van der Waals surface area contributed by atoms with E-state index in [-0.39, 0.29) is 0 Å². The largest absolute Gasteiger partial charge is 0.478 e. The van der Waals surface area contributed by atoms with Crippen molar-refractivity contribution in [2.45, 2.75) is 4.99 Å². The van der Waals surface area contributed by atoms with Gasteiger partial charge in [-0.05, 0) is 6.08 Å². The number of nitrogens with one attached hydrogen (secondary N) is 1. The summed E-state index contributed by atoms with van der Waals surface area (Å²) in [6.45, 7) is 4.11. The second kappa shape index (κ2) is 4.19. The van der Waals surface area contributed by atoms with Crippen molar-refractivity contribution < 1.29 is 9.90 Å². The van der Waals surface area contributed by atoms with Crippen LogP contribution in [0.1, 0.15) is 0 Å². The third-order valence-electron chi connectivity index (χ3n) is 1.65. The molecular weight excluding hydrogens is 202 g/mol. The Balaban J connectivity index is 2.73. The van der Waals surface area contributed by atoms with E-state index in [0.717, 1.165) is 6.08 Å². The average Bonchev–Trinajstić information content (AvgIpc) is 2.47. The highest BCUT2D eigenvalue weighted by molar-refractivity contribution is 7.82. The van der Waals surface area contributed by atoms with E-state index < -0.39 is 11.0 Å². The van der Waals surface area contributed by atoms with Crippen molar-refractivity contribution in [3.8, 4) is 0 Å². The van der Waals surface area contributed by atoms with Crippen LogP contribution in [-0.4, -0.2) is 33.9 Å². The van der Waals surface area contributed by atoms with Crippen LogP contribution in [-0.2, 0) is 4.79 Å². The Kier molecular flexibility index (Phi) is 3.19. The highest BCUT2D eigenvalue weighted by Crippen LogP contribution is 2.20. The summed E-state index contributed by atoms with van der Waals surface area (Å²) in [4.78, 5) is 11.2. The Morgan fingerprint density at radius 1 is 1.86 bits per heavy atom. The van der Waals surface area contributed by atoms with Crippen molar-refractivity contribution in [2.24, 2.45) is 5.10 Å². The summed E-state index contributed by atoms with van der Waals surface area (Å²) in [5, 5.41) is 12.3. The summed E-state index contributed by atoms with van der Waals surface area (Å²) in [6, 6.07) is 0. The fourth-order valence-electron chi connectivity index (χ4n) is 0.992. The monoisotopic (exact) mass is 213 g/mol. The van der Waals surface area contributed by atoms with Gasteiger partial charge in [0.05, 0.1) is 0 Å². The predicted molar refractivity (Wildman–Crippen MR) is 57.0 cm³/mol. The smallest absolute Gasteiger partial charge is 0.328 e. The molecule has 1 heterocycles. The van der Waals surface area contributed by atoms with Crippen LogP contribution in [0.5, 0.6) is 0 Å². The molecule has 2 N–H and O–H groups in total. The molecule has 1 rings (SSSR count). The van der Waals surface area contributed by atoms with Crippen LogP contribution in [0.2, 0.25) is 0 Å². The predicted octanol–water partition coefficient (Wildman–Crippen LogP) is 0.245. The van der Waals surface area contributed by atoms with Crippen LogP contribution in [0.4, 0.5) is 0 Å². The first-order chi connectivity index (χ1) is 6.58. The number of rotatable bonds is 4. The highest BCUT2D eigenvalue weighted by atomic mass is 32.1. The second-order valence-corrected chi connectivity index (χ2v) is 3.38. The summed E-state index contributed by atoms with van der Waals surface area (Å²) in [5.74, 6) is -1.02. The van der Waals surface area contributed by atoms with Gasteiger partial charge in [-0.1, -0.05) is 6.08 Å². The van der Waals surface area contributed by atoms with Gasteiger partial charge < -0.3 is 10.0 Å². The molecule has 0 spiro atoms. The van der Waals surface area contributed by atoms with Crippen molar-refractivity contribution >= 4 is 24.9 Å². The van der Waals surface area contributed by atoms with E-state index in [2.05, 4.69) is 29.7 Å². The summed E-state index contributed by atoms with van der Waals surface area (Å²) in [5.41, 5.74) is 2.68. The quantitative estimate of drug-likeness (QED) is 0.356. The Morgan fingerprint density at radius 3 is 3.14 bits per heavy atom. The van der Waals surface area contributed by atoms with E-state index in [9.17, 15) is 4.79 Å². The van der Waals surface area contributed by atoms with Crippen LogP contribution in [0.25, 0.3) is 0 Å². The lowest BCUT2D eigenvalue weighted by Crippen LogP contribution is -2.45. The minimum Gasteiger partial charge on any atom is -0.478 e. The molecule has 76 valence electrons.